The molecule has 0 atom stereocenters. The molecule has 1 aliphatic rings. The molecule has 0 radical (unpaired) electrons. The molecular formula is C22H27N3O2. The maximum Gasteiger partial charge on any atom is 0.238 e. The maximum absolute atomic E-state index is 12.4. The Bertz CT molecular complexity index is 802. The molecule has 2 aromatic carbocycles. The Kier molecular flexibility index (Phi) is 5.91. The third-order valence-electron chi connectivity index (χ3n) is 5.12. The first-order valence-electron chi connectivity index (χ1n) is 9.38. The number of nitrogens with one attached hydrogen (secondary N) is 1. The summed E-state index contributed by atoms with van der Waals surface area (Å²) in [6.07, 6.45) is 0. The van der Waals surface area contributed by atoms with Gasteiger partial charge in [0.2, 0.25) is 5.91 Å². The van der Waals surface area contributed by atoms with Crippen LogP contribution in [0.1, 0.15) is 28.4 Å². The van der Waals surface area contributed by atoms with Crippen LogP contribution in [0, 0.1) is 13.8 Å². The molecule has 1 saturated heterocycles. The average molecular weight is 365 g/mol. The molecule has 142 valence electrons. The van der Waals surface area contributed by atoms with Crippen molar-refractivity contribution in [1.82, 2.24) is 4.90 Å². The Hall–Kier alpha value is -2.66. The van der Waals surface area contributed by atoms with Crippen LogP contribution in [0.25, 0.3) is 0 Å². The minimum absolute atomic E-state index is 0.0339. The summed E-state index contributed by atoms with van der Waals surface area (Å²) >= 11 is 0. The fourth-order valence-electron chi connectivity index (χ4n) is 3.46. The van der Waals surface area contributed by atoms with Crippen LogP contribution < -0.4 is 10.2 Å². The van der Waals surface area contributed by atoms with Gasteiger partial charge < -0.3 is 10.2 Å². The molecule has 5 heteroatoms. The summed E-state index contributed by atoms with van der Waals surface area (Å²) in [5, 5.41) is 3.06. The van der Waals surface area contributed by atoms with Crippen molar-refractivity contribution in [3.05, 3.63) is 59.2 Å². The first kappa shape index (κ1) is 19.1. The number of hydrogen-bond donors (Lipinski definition) is 1. The summed E-state index contributed by atoms with van der Waals surface area (Å²) in [6.45, 7) is 9.44. The number of para-hydroxylation sites is 1. The third-order valence-corrected chi connectivity index (χ3v) is 5.12. The lowest BCUT2D eigenvalue weighted by molar-refractivity contribution is -0.117. The van der Waals surface area contributed by atoms with Crippen molar-refractivity contribution in [2.75, 3.05) is 42.9 Å². The van der Waals surface area contributed by atoms with Crippen LogP contribution in [-0.4, -0.2) is 49.3 Å². The van der Waals surface area contributed by atoms with Crippen molar-refractivity contribution in [1.29, 1.82) is 0 Å². The Morgan fingerprint density at radius 1 is 0.926 bits per heavy atom. The van der Waals surface area contributed by atoms with E-state index in [-0.39, 0.29) is 11.7 Å². The first-order valence-corrected chi connectivity index (χ1v) is 9.38. The fraction of sp³-hybridized carbons (Fsp3) is 0.364. The van der Waals surface area contributed by atoms with E-state index in [1.165, 1.54) is 0 Å². The first-order chi connectivity index (χ1) is 12.9. The molecule has 0 spiro atoms. The van der Waals surface area contributed by atoms with E-state index in [0.717, 1.165) is 54.2 Å². The van der Waals surface area contributed by atoms with Gasteiger partial charge in [0.15, 0.2) is 5.78 Å². The smallest absolute Gasteiger partial charge is 0.238 e. The molecule has 0 aliphatic carbocycles. The number of aryl methyl sites for hydroxylation is 2. The van der Waals surface area contributed by atoms with E-state index >= 15 is 0 Å². The lowest BCUT2D eigenvalue weighted by atomic mass is 10.1. The van der Waals surface area contributed by atoms with Gasteiger partial charge in [0.05, 0.1) is 6.54 Å². The van der Waals surface area contributed by atoms with E-state index in [1.807, 2.05) is 56.3 Å². The van der Waals surface area contributed by atoms with Crippen LogP contribution in [0.15, 0.2) is 42.5 Å². The number of piperazine rings is 1. The molecule has 1 N–H and O–H groups in total. The topological polar surface area (TPSA) is 52.7 Å². The summed E-state index contributed by atoms with van der Waals surface area (Å²) in [5.74, 6) is 0.118. The second-order valence-electron chi connectivity index (χ2n) is 7.18. The number of hydrogen-bond acceptors (Lipinski definition) is 4. The average Bonchev–Trinajstić information content (AvgIpc) is 2.65. The zero-order valence-electron chi connectivity index (χ0n) is 16.3. The molecule has 5 nitrogen and oxygen atoms in total. The van der Waals surface area contributed by atoms with E-state index in [2.05, 4.69) is 15.1 Å². The highest BCUT2D eigenvalue weighted by molar-refractivity contribution is 5.94. The van der Waals surface area contributed by atoms with Crippen LogP contribution in [0.5, 0.6) is 0 Å². The molecule has 1 amide bonds. The van der Waals surface area contributed by atoms with Crippen LogP contribution in [0.3, 0.4) is 0 Å². The summed E-state index contributed by atoms with van der Waals surface area (Å²) in [4.78, 5) is 28.3. The SMILES string of the molecule is CC(=O)c1ccc(N2CCN(CC(=O)Nc3c(C)cccc3C)CC2)cc1. The molecular weight excluding hydrogens is 338 g/mol. The van der Waals surface area contributed by atoms with E-state index in [9.17, 15) is 9.59 Å². The van der Waals surface area contributed by atoms with E-state index in [0.29, 0.717) is 6.54 Å². The Labute approximate surface area is 161 Å². The number of anilines is 2. The maximum atomic E-state index is 12.4. The molecule has 2 aromatic rings. The molecule has 3 rings (SSSR count). The van der Waals surface area contributed by atoms with E-state index in [1.54, 1.807) is 6.92 Å². The minimum atomic E-state index is 0.0339. The molecule has 0 saturated carbocycles. The highest BCUT2D eigenvalue weighted by Crippen LogP contribution is 2.20. The van der Waals surface area contributed by atoms with Gasteiger partial charge in [-0.05, 0) is 56.2 Å². The van der Waals surface area contributed by atoms with Gasteiger partial charge >= 0.3 is 0 Å². The minimum Gasteiger partial charge on any atom is -0.369 e. The number of carbonyl (C=O) groups excluding carboxylic acids is 2. The second kappa shape index (κ2) is 8.35. The second-order valence-corrected chi connectivity index (χ2v) is 7.18. The molecule has 0 aromatic heterocycles. The lowest BCUT2D eigenvalue weighted by Gasteiger charge is -2.35. The zero-order chi connectivity index (χ0) is 19.4. The monoisotopic (exact) mass is 365 g/mol. The largest absolute Gasteiger partial charge is 0.369 e. The Morgan fingerprint density at radius 2 is 1.52 bits per heavy atom. The quantitative estimate of drug-likeness (QED) is 0.827. The predicted octanol–water partition coefficient (Wildman–Crippen LogP) is 3.27. The number of benzene rings is 2. The van der Waals surface area contributed by atoms with Gasteiger partial charge in [-0.3, -0.25) is 14.5 Å². The van der Waals surface area contributed by atoms with Crippen LogP contribution in [-0.2, 0) is 4.79 Å². The number of rotatable bonds is 5. The number of carbonyl (C=O) groups is 2. The van der Waals surface area contributed by atoms with Gasteiger partial charge in [-0.25, -0.2) is 0 Å². The number of amides is 1. The fourth-order valence-corrected chi connectivity index (χ4v) is 3.46. The molecule has 1 fully saturated rings. The van der Waals surface area contributed by atoms with Gasteiger partial charge in [0, 0.05) is 43.1 Å². The highest BCUT2D eigenvalue weighted by Gasteiger charge is 2.20. The molecule has 0 bridgehead atoms. The van der Waals surface area contributed by atoms with E-state index < -0.39 is 0 Å². The molecule has 1 heterocycles. The Morgan fingerprint density at radius 3 is 2.07 bits per heavy atom. The standard InChI is InChI=1S/C22H27N3O2/c1-16-5-4-6-17(2)22(16)23-21(27)15-24-11-13-25(14-12-24)20-9-7-19(8-10-20)18(3)26/h4-10H,11-15H2,1-3H3,(H,23,27). The summed E-state index contributed by atoms with van der Waals surface area (Å²) in [5.41, 5.74) is 4.95. The van der Waals surface area contributed by atoms with Gasteiger partial charge in [-0.15, -0.1) is 0 Å². The van der Waals surface area contributed by atoms with Crippen molar-refractivity contribution in [3.63, 3.8) is 0 Å². The molecule has 0 unspecified atom stereocenters. The normalized spacial score (nSPS) is 14.9. The highest BCUT2D eigenvalue weighted by atomic mass is 16.2. The van der Waals surface area contributed by atoms with Crippen LogP contribution in [0.2, 0.25) is 0 Å². The van der Waals surface area contributed by atoms with Gasteiger partial charge in [0.1, 0.15) is 0 Å². The number of Topliss-reactive ketones (excluding diaryl/α,β-unsaturated/α-hetero) is 1. The zero-order valence-corrected chi connectivity index (χ0v) is 16.3. The van der Waals surface area contributed by atoms with Crippen molar-refractivity contribution >= 4 is 23.1 Å². The number of ketones is 1. The van der Waals surface area contributed by atoms with Gasteiger partial charge in [0.25, 0.3) is 0 Å². The predicted molar refractivity (Wildman–Crippen MR) is 110 cm³/mol. The molecule has 27 heavy (non-hydrogen) atoms. The van der Waals surface area contributed by atoms with Crippen molar-refractivity contribution < 1.29 is 9.59 Å². The lowest BCUT2D eigenvalue weighted by Crippen LogP contribution is -2.48. The van der Waals surface area contributed by atoms with E-state index in [4.69, 9.17) is 0 Å². The summed E-state index contributed by atoms with van der Waals surface area (Å²) in [6, 6.07) is 13.8. The summed E-state index contributed by atoms with van der Waals surface area (Å²) in [7, 11) is 0. The third kappa shape index (κ3) is 4.74. The summed E-state index contributed by atoms with van der Waals surface area (Å²) < 4.78 is 0. The van der Waals surface area contributed by atoms with Gasteiger partial charge in [-0.1, -0.05) is 18.2 Å². The van der Waals surface area contributed by atoms with Crippen LogP contribution >= 0.6 is 0 Å². The van der Waals surface area contributed by atoms with Crippen molar-refractivity contribution in [3.8, 4) is 0 Å². The number of nitrogens with zero attached hydrogens (tertiary/aromatic N) is 2. The van der Waals surface area contributed by atoms with Crippen molar-refractivity contribution in [2.45, 2.75) is 20.8 Å². The molecule has 1 aliphatic heterocycles. The van der Waals surface area contributed by atoms with Crippen molar-refractivity contribution in [2.24, 2.45) is 0 Å². The van der Waals surface area contributed by atoms with Gasteiger partial charge in [-0.2, -0.15) is 0 Å². The Balaban J connectivity index is 1.52. The van der Waals surface area contributed by atoms with Crippen LogP contribution in [0.4, 0.5) is 11.4 Å².